The first-order chi connectivity index (χ1) is 8.43. The minimum atomic E-state index is -2.57. The monoisotopic (exact) mass is 357 g/mol. The highest BCUT2D eigenvalue weighted by Gasteiger charge is 2.16. The summed E-state index contributed by atoms with van der Waals surface area (Å²) in [5.41, 5.74) is 6.15. The standard InChI is InChI=1S/C12H14BrF2NO2.ClH/c1-2-18-11(17)6-10(16)7-3-8(12(14)15)5-9(13)4-7;/h3-5,10,12H,2,6,16H2,1H3;1H/t10-;/m0./s1. The summed E-state index contributed by atoms with van der Waals surface area (Å²) in [6.45, 7) is 1.96. The minimum absolute atomic E-state index is 0. The lowest BCUT2D eigenvalue weighted by atomic mass is 10.0. The van der Waals surface area contributed by atoms with Crippen LogP contribution in [0, 0.1) is 0 Å². The molecule has 0 aliphatic carbocycles. The van der Waals surface area contributed by atoms with E-state index in [2.05, 4.69) is 15.9 Å². The summed E-state index contributed by atoms with van der Waals surface area (Å²) in [4.78, 5) is 11.3. The van der Waals surface area contributed by atoms with Crippen molar-refractivity contribution in [3.63, 3.8) is 0 Å². The van der Waals surface area contributed by atoms with Gasteiger partial charge < -0.3 is 10.5 Å². The smallest absolute Gasteiger partial charge is 0.307 e. The Labute approximate surface area is 125 Å². The van der Waals surface area contributed by atoms with Gasteiger partial charge in [-0.2, -0.15) is 0 Å². The molecule has 0 saturated carbocycles. The van der Waals surface area contributed by atoms with Crippen molar-refractivity contribution in [3.05, 3.63) is 33.8 Å². The Bertz CT molecular complexity index is 432. The molecule has 1 aromatic carbocycles. The van der Waals surface area contributed by atoms with E-state index in [1.54, 1.807) is 13.0 Å². The Balaban J connectivity index is 0.00000324. The maximum atomic E-state index is 12.6. The molecule has 0 aliphatic rings. The number of carbonyl (C=O) groups is 1. The van der Waals surface area contributed by atoms with Gasteiger partial charge in [0.25, 0.3) is 6.43 Å². The third kappa shape index (κ3) is 5.84. The average Bonchev–Trinajstić information content (AvgIpc) is 2.28. The summed E-state index contributed by atoms with van der Waals surface area (Å²) in [7, 11) is 0. The Kier molecular flexibility index (Phi) is 8.13. The molecule has 3 nitrogen and oxygen atoms in total. The molecule has 0 unspecified atom stereocenters. The molecular formula is C12H15BrClF2NO2. The Morgan fingerprint density at radius 3 is 2.47 bits per heavy atom. The molecule has 0 aromatic heterocycles. The van der Waals surface area contributed by atoms with Gasteiger partial charge in [0.1, 0.15) is 0 Å². The van der Waals surface area contributed by atoms with Crippen LogP contribution in [-0.4, -0.2) is 12.6 Å². The molecule has 1 atom stereocenters. The van der Waals surface area contributed by atoms with Crippen LogP contribution in [0.4, 0.5) is 8.78 Å². The van der Waals surface area contributed by atoms with Crippen molar-refractivity contribution in [1.29, 1.82) is 0 Å². The van der Waals surface area contributed by atoms with Gasteiger partial charge in [-0.05, 0) is 30.7 Å². The molecule has 19 heavy (non-hydrogen) atoms. The van der Waals surface area contributed by atoms with Crippen LogP contribution in [0.5, 0.6) is 0 Å². The first-order valence-corrected chi connectivity index (χ1v) is 6.23. The molecule has 0 amide bonds. The number of hydrogen-bond donors (Lipinski definition) is 1. The molecule has 2 N–H and O–H groups in total. The number of hydrogen-bond acceptors (Lipinski definition) is 3. The van der Waals surface area contributed by atoms with E-state index in [0.29, 0.717) is 10.0 Å². The third-order valence-electron chi connectivity index (χ3n) is 2.31. The molecule has 0 fully saturated rings. The van der Waals surface area contributed by atoms with Crippen molar-refractivity contribution in [2.24, 2.45) is 5.73 Å². The van der Waals surface area contributed by atoms with Gasteiger partial charge in [-0.3, -0.25) is 4.79 Å². The fourth-order valence-electron chi connectivity index (χ4n) is 1.49. The Morgan fingerprint density at radius 1 is 1.37 bits per heavy atom. The zero-order chi connectivity index (χ0) is 13.7. The molecule has 0 aliphatic heterocycles. The highest BCUT2D eigenvalue weighted by Crippen LogP contribution is 2.27. The van der Waals surface area contributed by atoms with Crippen LogP contribution in [0.15, 0.2) is 22.7 Å². The topological polar surface area (TPSA) is 52.3 Å². The normalized spacial score (nSPS) is 11.9. The van der Waals surface area contributed by atoms with Crippen LogP contribution in [0.2, 0.25) is 0 Å². The van der Waals surface area contributed by atoms with Crippen LogP contribution in [-0.2, 0) is 9.53 Å². The number of ether oxygens (including phenoxy) is 1. The van der Waals surface area contributed by atoms with E-state index < -0.39 is 18.4 Å². The van der Waals surface area contributed by atoms with Gasteiger partial charge in [-0.25, -0.2) is 8.78 Å². The lowest BCUT2D eigenvalue weighted by Gasteiger charge is -2.13. The molecule has 0 bridgehead atoms. The molecule has 7 heteroatoms. The number of carbonyl (C=O) groups excluding carboxylic acids is 1. The van der Waals surface area contributed by atoms with Crippen LogP contribution in [0.1, 0.15) is 36.9 Å². The van der Waals surface area contributed by atoms with Gasteiger partial charge in [0.05, 0.1) is 13.0 Å². The summed E-state index contributed by atoms with van der Waals surface area (Å²) in [6, 6.07) is 3.60. The number of esters is 1. The van der Waals surface area contributed by atoms with Crippen molar-refractivity contribution in [3.8, 4) is 0 Å². The molecule has 1 aromatic rings. The molecule has 108 valence electrons. The van der Waals surface area contributed by atoms with Gasteiger partial charge in [0, 0.05) is 16.1 Å². The van der Waals surface area contributed by atoms with Gasteiger partial charge in [-0.1, -0.05) is 15.9 Å². The van der Waals surface area contributed by atoms with E-state index >= 15 is 0 Å². The summed E-state index contributed by atoms with van der Waals surface area (Å²) >= 11 is 3.14. The minimum Gasteiger partial charge on any atom is -0.466 e. The van der Waals surface area contributed by atoms with Crippen molar-refractivity contribution < 1.29 is 18.3 Å². The van der Waals surface area contributed by atoms with Gasteiger partial charge in [0.15, 0.2) is 0 Å². The lowest BCUT2D eigenvalue weighted by molar-refractivity contribution is -0.143. The zero-order valence-corrected chi connectivity index (χ0v) is 12.6. The first-order valence-electron chi connectivity index (χ1n) is 5.43. The van der Waals surface area contributed by atoms with E-state index in [4.69, 9.17) is 10.5 Å². The lowest BCUT2D eigenvalue weighted by Crippen LogP contribution is -2.17. The second-order valence-corrected chi connectivity index (χ2v) is 4.65. The Hall–Kier alpha value is -0.720. The molecule has 0 spiro atoms. The number of halogens is 4. The molecular weight excluding hydrogens is 343 g/mol. The summed E-state index contributed by atoms with van der Waals surface area (Å²) in [5, 5.41) is 0. The highest BCUT2D eigenvalue weighted by molar-refractivity contribution is 9.10. The third-order valence-corrected chi connectivity index (χ3v) is 2.77. The SMILES string of the molecule is CCOC(=O)C[C@H](N)c1cc(Br)cc(C(F)F)c1.Cl. The second kappa shape index (κ2) is 8.45. The average molecular weight is 359 g/mol. The zero-order valence-electron chi connectivity index (χ0n) is 10.2. The van der Waals surface area contributed by atoms with Crippen molar-refractivity contribution >= 4 is 34.3 Å². The first kappa shape index (κ1) is 18.3. The highest BCUT2D eigenvalue weighted by atomic mass is 79.9. The van der Waals surface area contributed by atoms with Crippen LogP contribution >= 0.6 is 28.3 Å². The van der Waals surface area contributed by atoms with Gasteiger partial charge in [0.2, 0.25) is 0 Å². The van der Waals surface area contributed by atoms with Crippen LogP contribution in [0.25, 0.3) is 0 Å². The van der Waals surface area contributed by atoms with Crippen LogP contribution in [0.3, 0.4) is 0 Å². The predicted octanol–water partition coefficient (Wildman–Crippen LogP) is 3.76. The molecule has 1 rings (SSSR count). The number of rotatable bonds is 5. The van der Waals surface area contributed by atoms with E-state index in [-0.39, 0.29) is 31.0 Å². The predicted molar refractivity (Wildman–Crippen MR) is 74.5 cm³/mol. The fourth-order valence-corrected chi connectivity index (χ4v) is 2.02. The fraction of sp³-hybridized carbons (Fsp3) is 0.417. The molecule has 0 radical (unpaired) electrons. The van der Waals surface area contributed by atoms with Crippen LogP contribution < -0.4 is 5.73 Å². The summed E-state index contributed by atoms with van der Waals surface area (Å²) in [6.07, 6.45) is -2.61. The number of benzene rings is 1. The largest absolute Gasteiger partial charge is 0.466 e. The summed E-state index contributed by atoms with van der Waals surface area (Å²) < 4.78 is 30.5. The number of nitrogens with two attached hydrogens (primary N) is 1. The van der Waals surface area contributed by atoms with E-state index in [9.17, 15) is 13.6 Å². The quantitative estimate of drug-likeness (QED) is 0.815. The summed E-state index contributed by atoms with van der Waals surface area (Å²) in [5.74, 6) is -0.441. The maximum Gasteiger partial charge on any atom is 0.307 e. The Morgan fingerprint density at radius 2 is 1.95 bits per heavy atom. The molecule has 0 heterocycles. The number of alkyl halides is 2. The maximum absolute atomic E-state index is 12.6. The van der Waals surface area contributed by atoms with Gasteiger partial charge in [-0.15, -0.1) is 12.4 Å². The van der Waals surface area contributed by atoms with E-state index in [0.717, 1.165) is 0 Å². The van der Waals surface area contributed by atoms with Crippen molar-refractivity contribution in [2.75, 3.05) is 6.61 Å². The molecule has 0 saturated heterocycles. The van der Waals surface area contributed by atoms with E-state index in [1.165, 1.54) is 12.1 Å². The second-order valence-electron chi connectivity index (χ2n) is 3.73. The van der Waals surface area contributed by atoms with E-state index in [1.807, 2.05) is 0 Å². The van der Waals surface area contributed by atoms with Crippen molar-refractivity contribution in [2.45, 2.75) is 25.8 Å². The van der Waals surface area contributed by atoms with Crippen molar-refractivity contribution in [1.82, 2.24) is 0 Å². The van der Waals surface area contributed by atoms with Gasteiger partial charge >= 0.3 is 5.97 Å².